The normalized spacial score (nSPS) is 10.6. The third-order valence-electron chi connectivity index (χ3n) is 2.90. The highest BCUT2D eigenvalue weighted by Gasteiger charge is 2.03. The minimum Gasteiger partial charge on any atom is -0.383 e. The van der Waals surface area contributed by atoms with Gasteiger partial charge in [0.15, 0.2) is 0 Å². The number of hydrogen-bond donors (Lipinski definition) is 1. The number of aromatic nitrogens is 1. The molecule has 0 bridgehead atoms. The van der Waals surface area contributed by atoms with Gasteiger partial charge in [-0.25, -0.2) is 4.98 Å². The third-order valence-corrected chi connectivity index (χ3v) is 2.90. The Morgan fingerprint density at radius 2 is 1.65 bits per heavy atom. The Morgan fingerprint density at radius 3 is 2.47 bits per heavy atom. The maximum atomic E-state index is 5.89. The van der Waals surface area contributed by atoms with E-state index in [2.05, 4.69) is 35.3 Å². The number of nitrogen functional groups attached to an aromatic ring is 1. The van der Waals surface area contributed by atoms with Gasteiger partial charge < -0.3 is 5.73 Å². The van der Waals surface area contributed by atoms with Crippen molar-refractivity contribution in [2.75, 3.05) is 5.73 Å². The molecule has 0 saturated carbocycles. The largest absolute Gasteiger partial charge is 0.383 e. The number of rotatable bonds is 1. The molecule has 0 saturated heterocycles. The number of benzene rings is 2. The third kappa shape index (κ3) is 1.74. The Hall–Kier alpha value is -2.35. The number of anilines is 1. The second-order valence-electron chi connectivity index (χ2n) is 4.00. The first-order chi connectivity index (χ1) is 8.34. The van der Waals surface area contributed by atoms with Gasteiger partial charge in [0.1, 0.15) is 5.82 Å². The van der Waals surface area contributed by atoms with E-state index in [0.29, 0.717) is 5.82 Å². The van der Waals surface area contributed by atoms with Crippen LogP contribution < -0.4 is 5.73 Å². The van der Waals surface area contributed by atoms with Gasteiger partial charge in [-0.15, -0.1) is 0 Å². The van der Waals surface area contributed by atoms with E-state index >= 15 is 0 Å². The molecule has 0 amide bonds. The number of nitrogens with two attached hydrogens (primary N) is 1. The highest BCUT2D eigenvalue weighted by molar-refractivity contribution is 5.88. The Labute approximate surface area is 99.7 Å². The van der Waals surface area contributed by atoms with Crippen molar-refractivity contribution in [2.24, 2.45) is 0 Å². The van der Waals surface area contributed by atoms with Gasteiger partial charge in [0.25, 0.3) is 0 Å². The van der Waals surface area contributed by atoms with E-state index in [0.717, 1.165) is 11.1 Å². The summed E-state index contributed by atoms with van der Waals surface area (Å²) in [6.07, 6.45) is 1.71. The lowest BCUT2D eigenvalue weighted by molar-refractivity contribution is 1.34. The van der Waals surface area contributed by atoms with Crippen LogP contribution in [0, 0.1) is 0 Å². The van der Waals surface area contributed by atoms with Crippen LogP contribution in [0.3, 0.4) is 0 Å². The highest BCUT2D eigenvalue weighted by atomic mass is 14.8. The van der Waals surface area contributed by atoms with Gasteiger partial charge in [0.2, 0.25) is 0 Å². The molecule has 0 spiro atoms. The molecule has 2 N–H and O–H groups in total. The highest BCUT2D eigenvalue weighted by Crippen LogP contribution is 2.27. The molecule has 0 aliphatic carbocycles. The number of fused-ring (bicyclic) bond motifs is 1. The summed E-state index contributed by atoms with van der Waals surface area (Å²) in [5.41, 5.74) is 7.98. The van der Waals surface area contributed by atoms with E-state index < -0.39 is 0 Å². The molecule has 3 aromatic rings. The van der Waals surface area contributed by atoms with Crippen LogP contribution in [0.15, 0.2) is 60.8 Å². The number of pyridine rings is 1. The van der Waals surface area contributed by atoms with Gasteiger partial charge >= 0.3 is 0 Å². The average Bonchev–Trinajstić information content (AvgIpc) is 2.39. The van der Waals surface area contributed by atoms with Crippen molar-refractivity contribution in [2.45, 2.75) is 0 Å². The Morgan fingerprint density at radius 1 is 0.824 bits per heavy atom. The van der Waals surface area contributed by atoms with E-state index in [1.165, 1.54) is 10.8 Å². The van der Waals surface area contributed by atoms with E-state index in [-0.39, 0.29) is 0 Å². The zero-order valence-electron chi connectivity index (χ0n) is 9.30. The van der Waals surface area contributed by atoms with E-state index in [1.807, 2.05) is 24.3 Å². The van der Waals surface area contributed by atoms with Crippen LogP contribution in [0.4, 0.5) is 5.82 Å². The van der Waals surface area contributed by atoms with E-state index in [9.17, 15) is 0 Å². The lowest BCUT2D eigenvalue weighted by atomic mass is 10.0. The molecule has 0 fully saturated rings. The molecule has 1 aromatic heterocycles. The maximum absolute atomic E-state index is 5.89. The molecule has 0 aliphatic rings. The topological polar surface area (TPSA) is 38.9 Å². The van der Waals surface area contributed by atoms with Crippen LogP contribution in [0.2, 0.25) is 0 Å². The summed E-state index contributed by atoms with van der Waals surface area (Å²) in [6.45, 7) is 0. The second-order valence-corrected chi connectivity index (χ2v) is 4.00. The molecule has 2 nitrogen and oxygen atoms in total. The molecule has 17 heavy (non-hydrogen) atoms. The number of hydrogen-bond acceptors (Lipinski definition) is 2. The van der Waals surface area contributed by atoms with Crippen LogP contribution in [0.25, 0.3) is 21.9 Å². The van der Waals surface area contributed by atoms with Gasteiger partial charge in [-0.3, -0.25) is 0 Å². The van der Waals surface area contributed by atoms with Gasteiger partial charge in [-0.2, -0.15) is 0 Å². The monoisotopic (exact) mass is 220 g/mol. The van der Waals surface area contributed by atoms with Crippen LogP contribution >= 0.6 is 0 Å². The molecule has 3 rings (SSSR count). The standard InChI is InChI=1S/C15H12N2/c16-15-14(6-3-9-17-15)13-8-7-11-4-1-2-5-12(11)10-13/h1-10H,(H2,16,17). The molecule has 0 aliphatic heterocycles. The predicted molar refractivity (Wildman–Crippen MR) is 71.6 cm³/mol. The number of nitrogens with zero attached hydrogens (tertiary/aromatic N) is 1. The maximum Gasteiger partial charge on any atom is 0.131 e. The molecular formula is C15H12N2. The first-order valence-corrected chi connectivity index (χ1v) is 5.54. The van der Waals surface area contributed by atoms with Crippen molar-refractivity contribution >= 4 is 16.6 Å². The van der Waals surface area contributed by atoms with Crippen LogP contribution in [0.1, 0.15) is 0 Å². The quantitative estimate of drug-likeness (QED) is 0.681. The van der Waals surface area contributed by atoms with Crippen molar-refractivity contribution in [3.63, 3.8) is 0 Å². The first kappa shape index (κ1) is 9.85. The first-order valence-electron chi connectivity index (χ1n) is 5.54. The van der Waals surface area contributed by atoms with Gasteiger partial charge in [-0.1, -0.05) is 36.4 Å². The van der Waals surface area contributed by atoms with Crippen molar-refractivity contribution in [1.29, 1.82) is 0 Å². The molecule has 2 aromatic carbocycles. The summed E-state index contributed by atoms with van der Waals surface area (Å²) in [5.74, 6) is 0.572. The SMILES string of the molecule is Nc1ncccc1-c1ccc2ccccc2c1. The van der Waals surface area contributed by atoms with E-state index in [1.54, 1.807) is 6.20 Å². The molecular weight excluding hydrogens is 208 g/mol. The van der Waals surface area contributed by atoms with Crippen LogP contribution in [-0.4, -0.2) is 4.98 Å². The van der Waals surface area contributed by atoms with Crippen molar-refractivity contribution in [1.82, 2.24) is 4.98 Å². The molecule has 0 atom stereocenters. The van der Waals surface area contributed by atoms with Crippen molar-refractivity contribution < 1.29 is 0 Å². The Bertz CT molecular complexity index is 674. The Kier molecular flexibility index (Phi) is 2.26. The fraction of sp³-hybridized carbons (Fsp3) is 0. The molecule has 0 radical (unpaired) electrons. The lowest BCUT2D eigenvalue weighted by Crippen LogP contribution is -1.92. The fourth-order valence-corrected chi connectivity index (χ4v) is 2.02. The van der Waals surface area contributed by atoms with Crippen molar-refractivity contribution in [3.8, 4) is 11.1 Å². The smallest absolute Gasteiger partial charge is 0.131 e. The lowest BCUT2D eigenvalue weighted by Gasteiger charge is -2.06. The minimum absolute atomic E-state index is 0.572. The molecule has 82 valence electrons. The predicted octanol–water partition coefficient (Wildman–Crippen LogP) is 3.48. The zero-order valence-corrected chi connectivity index (χ0v) is 9.30. The fourth-order valence-electron chi connectivity index (χ4n) is 2.02. The summed E-state index contributed by atoms with van der Waals surface area (Å²) >= 11 is 0. The Balaban J connectivity index is 2.22. The van der Waals surface area contributed by atoms with Crippen molar-refractivity contribution in [3.05, 3.63) is 60.8 Å². The molecule has 2 heteroatoms. The van der Waals surface area contributed by atoms with E-state index in [4.69, 9.17) is 5.73 Å². The minimum atomic E-state index is 0.572. The average molecular weight is 220 g/mol. The summed E-state index contributed by atoms with van der Waals surface area (Å²) in [4.78, 5) is 4.11. The van der Waals surface area contributed by atoms with Gasteiger partial charge in [-0.05, 0) is 34.5 Å². The van der Waals surface area contributed by atoms with Crippen LogP contribution in [-0.2, 0) is 0 Å². The summed E-state index contributed by atoms with van der Waals surface area (Å²) in [6, 6.07) is 18.5. The van der Waals surface area contributed by atoms with Gasteiger partial charge in [0, 0.05) is 11.8 Å². The zero-order chi connectivity index (χ0) is 11.7. The second kappa shape index (κ2) is 3.91. The summed E-state index contributed by atoms with van der Waals surface area (Å²) in [5, 5.41) is 2.45. The summed E-state index contributed by atoms with van der Waals surface area (Å²) < 4.78 is 0. The van der Waals surface area contributed by atoms with Crippen LogP contribution in [0.5, 0.6) is 0 Å². The summed E-state index contributed by atoms with van der Waals surface area (Å²) in [7, 11) is 0. The molecule has 0 unspecified atom stereocenters. The molecule has 1 heterocycles. The van der Waals surface area contributed by atoms with Gasteiger partial charge in [0.05, 0.1) is 0 Å².